The number of benzene rings is 3. The number of carbonyl (C=O) groups is 1. The zero-order chi connectivity index (χ0) is 24.7. The van der Waals surface area contributed by atoms with Gasteiger partial charge in [0.2, 0.25) is 0 Å². The van der Waals surface area contributed by atoms with Crippen molar-refractivity contribution in [2.45, 2.75) is 6.54 Å². The number of thiocarbonyl (C=S) groups is 1. The normalized spacial score (nSPS) is 14.9. The molecule has 4 aromatic rings. The van der Waals surface area contributed by atoms with Crippen LogP contribution in [0, 0.1) is 10.1 Å². The Bertz CT molecular complexity index is 1560. The Kier molecular flexibility index (Phi) is 6.37. The zero-order valence-electron chi connectivity index (χ0n) is 17.9. The van der Waals surface area contributed by atoms with E-state index in [1.165, 1.54) is 34.9 Å². The van der Waals surface area contributed by atoms with E-state index in [-0.39, 0.29) is 11.6 Å². The Balaban J connectivity index is 1.52. The SMILES string of the molecule is O=C1/C(=C\c2cn(Cc3ccc(Cl)cc3Cl)c3ccccc23)SC(=S)N1c1cccc([N+](=O)[O-])c1. The standard InChI is InChI=1S/C25H15Cl2N3O3S2/c26-17-9-8-15(21(27)11-17)13-28-14-16(20-6-1-2-7-22(20)28)10-23-24(31)29(25(34)35-23)18-4-3-5-19(12-18)30(32)33/h1-12,14H,13H2/b23-10+. The number of carbonyl (C=O) groups excluding carboxylic acids is 1. The number of anilines is 1. The van der Waals surface area contributed by atoms with E-state index < -0.39 is 4.92 Å². The van der Waals surface area contributed by atoms with Crippen LogP contribution in [0.5, 0.6) is 0 Å². The van der Waals surface area contributed by atoms with Crippen molar-refractivity contribution in [2.75, 3.05) is 4.90 Å². The van der Waals surface area contributed by atoms with Gasteiger partial charge >= 0.3 is 0 Å². The van der Waals surface area contributed by atoms with Gasteiger partial charge in [0.05, 0.1) is 15.5 Å². The van der Waals surface area contributed by atoms with Crippen molar-refractivity contribution in [3.8, 4) is 0 Å². The molecule has 1 amide bonds. The molecule has 1 aliphatic rings. The number of para-hydroxylation sites is 1. The van der Waals surface area contributed by atoms with Crippen LogP contribution in [0.15, 0.2) is 77.8 Å². The van der Waals surface area contributed by atoms with Crippen LogP contribution in [0.1, 0.15) is 11.1 Å². The van der Waals surface area contributed by atoms with Crippen molar-refractivity contribution in [3.05, 3.63) is 109 Å². The lowest BCUT2D eigenvalue weighted by molar-refractivity contribution is -0.384. The second-order valence-corrected chi connectivity index (χ2v) is 10.3. The smallest absolute Gasteiger partial charge is 0.271 e. The van der Waals surface area contributed by atoms with Gasteiger partial charge in [-0.15, -0.1) is 0 Å². The molecule has 1 fully saturated rings. The third-order valence-electron chi connectivity index (χ3n) is 5.55. The number of aromatic nitrogens is 1. The quantitative estimate of drug-likeness (QED) is 0.115. The average Bonchev–Trinajstić information content (AvgIpc) is 3.32. The molecule has 5 rings (SSSR count). The number of thioether (sulfide) groups is 1. The Morgan fingerprint density at radius 3 is 2.63 bits per heavy atom. The minimum Gasteiger partial charge on any atom is -0.342 e. The van der Waals surface area contributed by atoms with E-state index >= 15 is 0 Å². The van der Waals surface area contributed by atoms with Crippen molar-refractivity contribution in [3.63, 3.8) is 0 Å². The summed E-state index contributed by atoms with van der Waals surface area (Å²) in [5, 5.41) is 13.3. The Hall–Kier alpha value is -3.17. The summed E-state index contributed by atoms with van der Waals surface area (Å²) in [5.41, 5.74) is 3.01. The van der Waals surface area contributed by atoms with E-state index in [1.54, 1.807) is 24.3 Å². The molecule has 10 heteroatoms. The highest BCUT2D eigenvalue weighted by Crippen LogP contribution is 2.38. The number of halogens is 2. The van der Waals surface area contributed by atoms with Crippen LogP contribution in [0.25, 0.3) is 17.0 Å². The van der Waals surface area contributed by atoms with Gasteiger partial charge in [0.25, 0.3) is 11.6 Å². The van der Waals surface area contributed by atoms with Gasteiger partial charge in [0.15, 0.2) is 4.32 Å². The van der Waals surface area contributed by atoms with Crippen LogP contribution in [0.3, 0.4) is 0 Å². The highest BCUT2D eigenvalue weighted by molar-refractivity contribution is 8.27. The zero-order valence-corrected chi connectivity index (χ0v) is 21.0. The minimum absolute atomic E-state index is 0.107. The van der Waals surface area contributed by atoms with E-state index in [4.69, 9.17) is 35.4 Å². The Labute approximate surface area is 219 Å². The number of rotatable bonds is 5. The number of hydrogen-bond acceptors (Lipinski definition) is 5. The molecule has 2 heterocycles. The summed E-state index contributed by atoms with van der Waals surface area (Å²) < 4.78 is 2.39. The maximum Gasteiger partial charge on any atom is 0.271 e. The van der Waals surface area contributed by atoms with Crippen LogP contribution in [-0.2, 0) is 11.3 Å². The summed E-state index contributed by atoms with van der Waals surface area (Å²) in [5.74, 6) is -0.321. The predicted octanol–water partition coefficient (Wildman–Crippen LogP) is 7.31. The second-order valence-electron chi connectivity index (χ2n) is 7.76. The van der Waals surface area contributed by atoms with Gasteiger partial charge in [0.1, 0.15) is 0 Å². The van der Waals surface area contributed by atoms with Crippen LogP contribution in [-0.4, -0.2) is 19.7 Å². The van der Waals surface area contributed by atoms with Gasteiger partial charge in [-0.3, -0.25) is 19.8 Å². The molecule has 0 unspecified atom stereocenters. The first-order chi connectivity index (χ1) is 16.8. The number of non-ortho nitro benzene ring substituents is 1. The fraction of sp³-hybridized carbons (Fsp3) is 0.0400. The molecule has 174 valence electrons. The van der Waals surface area contributed by atoms with Crippen molar-refractivity contribution >= 4 is 85.8 Å². The molecule has 1 saturated heterocycles. The molecule has 0 bridgehead atoms. The Morgan fingerprint density at radius 1 is 1.06 bits per heavy atom. The van der Waals surface area contributed by atoms with Crippen molar-refractivity contribution in [1.29, 1.82) is 0 Å². The lowest BCUT2D eigenvalue weighted by atomic mass is 10.1. The van der Waals surface area contributed by atoms with E-state index in [9.17, 15) is 14.9 Å². The molecule has 35 heavy (non-hydrogen) atoms. The lowest BCUT2D eigenvalue weighted by Crippen LogP contribution is -2.27. The van der Waals surface area contributed by atoms with Crippen LogP contribution in [0.4, 0.5) is 11.4 Å². The summed E-state index contributed by atoms with van der Waals surface area (Å²) in [6.07, 6.45) is 3.77. The van der Waals surface area contributed by atoms with Gasteiger partial charge in [-0.1, -0.05) is 77.5 Å². The summed E-state index contributed by atoms with van der Waals surface area (Å²) in [6.45, 7) is 0.527. The highest BCUT2D eigenvalue weighted by atomic mass is 35.5. The highest BCUT2D eigenvalue weighted by Gasteiger charge is 2.34. The first kappa shape index (κ1) is 23.6. The second kappa shape index (κ2) is 9.47. The van der Waals surface area contributed by atoms with Gasteiger partial charge in [-0.05, 0) is 35.9 Å². The van der Waals surface area contributed by atoms with Crippen molar-refractivity contribution in [1.82, 2.24) is 4.57 Å². The molecule has 3 aromatic carbocycles. The number of nitro benzene ring substituents is 1. The molecule has 0 saturated carbocycles. The topological polar surface area (TPSA) is 68.4 Å². The fourth-order valence-corrected chi connectivity index (χ4v) is 5.69. The van der Waals surface area contributed by atoms with Gasteiger partial charge in [0, 0.05) is 51.4 Å². The lowest BCUT2D eigenvalue weighted by Gasteiger charge is -2.13. The monoisotopic (exact) mass is 539 g/mol. The number of nitro groups is 1. The van der Waals surface area contributed by atoms with Gasteiger partial charge < -0.3 is 4.57 Å². The molecule has 6 nitrogen and oxygen atoms in total. The van der Waals surface area contributed by atoms with Crippen molar-refractivity contribution in [2.24, 2.45) is 0 Å². The molecular formula is C25H15Cl2N3O3S2. The van der Waals surface area contributed by atoms with E-state index in [2.05, 4.69) is 4.57 Å². The first-order valence-electron chi connectivity index (χ1n) is 10.4. The molecule has 0 aliphatic carbocycles. The average molecular weight is 540 g/mol. The summed E-state index contributed by atoms with van der Waals surface area (Å²) in [7, 11) is 0. The van der Waals surface area contributed by atoms with Crippen molar-refractivity contribution < 1.29 is 9.72 Å². The number of hydrogen-bond donors (Lipinski definition) is 0. The molecule has 1 aliphatic heterocycles. The maximum absolute atomic E-state index is 13.3. The summed E-state index contributed by atoms with van der Waals surface area (Å²) in [6, 6.07) is 19.2. The van der Waals surface area contributed by atoms with Crippen LogP contribution in [0.2, 0.25) is 10.0 Å². The summed E-state index contributed by atoms with van der Waals surface area (Å²) >= 11 is 19.0. The van der Waals surface area contributed by atoms with Crippen LogP contribution >= 0.6 is 47.2 Å². The van der Waals surface area contributed by atoms with E-state index in [1.807, 2.05) is 36.5 Å². The third kappa shape index (κ3) is 4.58. The van der Waals surface area contributed by atoms with E-state index in [0.29, 0.717) is 31.5 Å². The molecule has 0 spiro atoms. The molecule has 1 aromatic heterocycles. The number of nitrogens with zero attached hydrogens (tertiary/aromatic N) is 3. The molecule has 0 radical (unpaired) electrons. The minimum atomic E-state index is -0.501. The maximum atomic E-state index is 13.3. The summed E-state index contributed by atoms with van der Waals surface area (Å²) in [4.78, 5) is 25.7. The molecule has 0 atom stereocenters. The predicted molar refractivity (Wildman–Crippen MR) is 146 cm³/mol. The van der Waals surface area contributed by atoms with Crippen LogP contribution < -0.4 is 4.90 Å². The van der Waals surface area contributed by atoms with Gasteiger partial charge in [-0.2, -0.15) is 0 Å². The fourth-order valence-electron chi connectivity index (χ4n) is 3.93. The Morgan fingerprint density at radius 2 is 1.86 bits per heavy atom. The third-order valence-corrected chi connectivity index (χ3v) is 7.44. The molecule has 0 N–H and O–H groups in total. The van der Waals surface area contributed by atoms with E-state index in [0.717, 1.165) is 22.0 Å². The number of fused-ring (bicyclic) bond motifs is 1. The van der Waals surface area contributed by atoms with Gasteiger partial charge in [-0.25, -0.2) is 0 Å². The number of amides is 1. The molecular weight excluding hydrogens is 525 g/mol. The largest absolute Gasteiger partial charge is 0.342 e. The first-order valence-corrected chi connectivity index (χ1v) is 12.3.